The highest BCUT2D eigenvalue weighted by atomic mass is 19.4. The summed E-state index contributed by atoms with van der Waals surface area (Å²) in [7, 11) is 1.82. The number of halogens is 3. The zero-order valence-electron chi connectivity index (χ0n) is 17.7. The lowest BCUT2D eigenvalue weighted by molar-refractivity contribution is -0.146. The van der Waals surface area contributed by atoms with Crippen molar-refractivity contribution in [3.63, 3.8) is 0 Å². The number of rotatable bonds is 5. The Bertz CT molecular complexity index is 605. The van der Waals surface area contributed by atoms with E-state index in [0.717, 1.165) is 38.5 Å². The molecule has 0 radical (unpaired) electrons. The standard InChI is InChI=1S/C21H35F3N4O/c1-3-27(14-21(22,23)24)12-15-6-10-28(13-15)19(25-2)26-17-16-7-11-29-18(16)20(17)8-4-5-9-20/h15-18H,3-14H2,1-2H3,(H,25,26). The highest BCUT2D eigenvalue weighted by Gasteiger charge is 2.65. The zero-order chi connectivity index (χ0) is 20.6. The van der Waals surface area contributed by atoms with Gasteiger partial charge in [-0.25, -0.2) is 0 Å². The van der Waals surface area contributed by atoms with E-state index in [9.17, 15) is 13.2 Å². The van der Waals surface area contributed by atoms with Crippen molar-refractivity contribution in [3.05, 3.63) is 0 Å². The van der Waals surface area contributed by atoms with Gasteiger partial charge in [0, 0.05) is 50.7 Å². The Kier molecular flexibility index (Phi) is 6.04. The Morgan fingerprint density at radius 2 is 2.03 bits per heavy atom. The molecule has 4 aliphatic rings. The summed E-state index contributed by atoms with van der Waals surface area (Å²) >= 11 is 0. The molecule has 8 heteroatoms. The van der Waals surface area contributed by atoms with E-state index in [-0.39, 0.29) is 11.3 Å². The van der Waals surface area contributed by atoms with Crippen LogP contribution in [0.1, 0.15) is 45.4 Å². The van der Waals surface area contributed by atoms with E-state index in [1.54, 1.807) is 6.92 Å². The Balaban J connectivity index is 1.35. The van der Waals surface area contributed by atoms with Crippen molar-refractivity contribution in [3.8, 4) is 0 Å². The summed E-state index contributed by atoms with van der Waals surface area (Å²) < 4.78 is 44.4. The van der Waals surface area contributed by atoms with Crippen LogP contribution in [0.3, 0.4) is 0 Å². The monoisotopic (exact) mass is 416 g/mol. The van der Waals surface area contributed by atoms with Crippen molar-refractivity contribution in [2.24, 2.45) is 22.2 Å². The van der Waals surface area contributed by atoms with E-state index in [2.05, 4.69) is 15.2 Å². The summed E-state index contributed by atoms with van der Waals surface area (Å²) in [5, 5.41) is 3.78. The van der Waals surface area contributed by atoms with Gasteiger partial charge in [-0.15, -0.1) is 0 Å². The highest BCUT2D eigenvalue weighted by Crippen LogP contribution is 2.60. The summed E-state index contributed by atoms with van der Waals surface area (Å²) in [6.45, 7) is 4.41. The number of nitrogens with zero attached hydrogens (tertiary/aromatic N) is 3. The predicted octanol–water partition coefficient (Wildman–Crippen LogP) is 3.12. The Hall–Kier alpha value is -1.02. The first-order valence-corrected chi connectivity index (χ1v) is 11.3. The summed E-state index contributed by atoms with van der Waals surface area (Å²) in [6, 6.07) is 0.424. The summed E-state index contributed by atoms with van der Waals surface area (Å²) in [5.74, 6) is 1.75. The van der Waals surface area contributed by atoms with Crippen LogP contribution in [0.25, 0.3) is 0 Å². The number of alkyl halides is 3. The minimum absolute atomic E-state index is 0.250. The molecule has 4 atom stereocenters. The molecule has 2 aliphatic heterocycles. The molecular weight excluding hydrogens is 381 g/mol. The third-order valence-corrected chi connectivity index (χ3v) is 7.73. The number of guanidine groups is 1. The summed E-state index contributed by atoms with van der Waals surface area (Å²) in [4.78, 5) is 8.32. The van der Waals surface area contributed by atoms with Gasteiger partial charge in [0.05, 0.1) is 12.6 Å². The SMILES string of the molecule is CCN(CC1CCN(C(=NC)NC2C3CCOC3C23CCCC3)C1)CC(F)(F)F. The number of aliphatic imine (C=N–C) groups is 1. The lowest BCUT2D eigenvalue weighted by Gasteiger charge is -2.57. The molecule has 29 heavy (non-hydrogen) atoms. The Labute approximate surface area is 172 Å². The molecule has 0 aromatic carbocycles. The molecule has 2 saturated heterocycles. The van der Waals surface area contributed by atoms with Crippen molar-refractivity contribution in [2.45, 2.75) is 63.8 Å². The molecule has 4 fully saturated rings. The van der Waals surface area contributed by atoms with Gasteiger partial charge in [-0.05, 0) is 38.1 Å². The molecule has 4 rings (SSSR count). The van der Waals surface area contributed by atoms with E-state index >= 15 is 0 Å². The molecule has 1 N–H and O–H groups in total. The fourth-order valence-corrected chi connectivity index (χ4v) is 6.44. The largest absolute Gasteiger partial charge is 0.401 e. The second-order valence-electron chi connectivity index (χ2n) is 9.40. The van der Waals surface area contributed by atoms with Gasteiger partial charge in [-0.2, -0.15) is 13.2 Å². The second kappa shape index (κ2) is 8.25. The molecular formula is C21H35F3N4O. The van der Waals surface area contributed by atoms with Crippen molar-refractivity contribution >= 4 is 5.96 Å². The smallest absolute Gasteiger partial charge is 0.377 e. The van der Waals surface area contributed by atoms with Crippen LogP contribution in [0.2, 0.25) is 0 Å². The molecule has 2 saturated carbocycles. The lowest BCUT2D eigenvalue weighted by Crippen LogP contribution is -2.69. The summed E-state index contributed by atoms with van der Waals surface area (Å²) in [6.07, 6.45) is 3.33. The maximum absolute atomic E-state index is 12.8. The van der Waals surface area contributed by atoms with E-state index in [4.69, 9.17) is 4.74 Å². The molecule has 0 amide bonds. The average molecular weight is 417 g/mol. The van der Waals surface area contributed by atoms with Gasteiger partial charge in [0.1, 0.15) is 0 Å². The van der Waals surface area contributed by atoms with Crippen molar-refractivity contribution in [2.75, 3.05) is 46.4 Å². The summed E-state index contributed by atoms with van der Waals surface area (Å²) in [5.41, 5.74) is 0.266. The van der Waals surface area contributed by atoms with Crippen LogP contribution in [-0.2, 0) is 4.74 Å². The van der Waals surface area contributed by atoms with Gasteiger partial charge in [-0.1, -0.05) is 19.8 Å². The average Bonchev–Trinajstić information content (AvgIpc) is 3.40. The van der Waals surface area contributed by atoms with Crippen molar-refractivity contribution < 1.29 is 17.9 Å². The molecule has 4 unspecified atom stereocenters. The van der Waals surface area contributed by atoms with Crippen LogP contribution in [0, 0.1) is 17.3 Å². The minimum atomic E-state index is -4.13. The first-order chi connectivity index (χ1) is 13.9. The fourth-order valence-electron chi connectivity index (χ4n) is 6.44. The van der Waals surface area contributed by atoms with Gasteiger partial charge in [0.2, 0.25) is 0 Å². The number of hydrogen-bond acceptors (Lipinski definition) is 3. The van der Waals surface area contributed by atoms with Gasteiger partial charge in [0.25, 0.3) is 0 Å². The number of hydrogen-bond donors (Lipinski definition) is 1. The Morgan fingerprint density at radius 3 is 2.69 bits per heavy atom. The van der Waals surface area contributed by atoms with Crippen molar-refractivity contribution in [1.29, 1.82) is 0 Å². The number of likely N-dealkylation sites (tertiary alicyclic amines) is 1. The quantitative estimate of drug-likeness (QED) is 0.552. The molecule has 2 aliphatic carbocycles. The maximum atomic E-state index is 12.8. The molecule has 0 aromatic heterocycles. The molecule has 1 spiro atoms. The topological polar surface area (TPSA) is 40.1 Å². The third kappa shape index (κ3) is 4.11. The molecule has 5 nitrogen and oxygen atoms in total. The van der Waals surface area contributed by atoms with Gasteiger partial charge in [-0.3, -0.25) is 9.89 Å². The van der Waals surface area contributed by atoms with Crippen molar-refractivity contribution in [1.82, 2.24) is 15.1 Å². The Morgan fingerprint density at radius 1 is 1.28 bits per heavy atom. The number of ether oxygens (including phenoxy) is 1. The first kappa shape index (κ1) is 21.2. The molecule has 166 valence electrons. The van der Waals surface area contributed by atoms with Crippen LogP contribution < -0.4 is 5.32 Å². The van der Waals surface area contributed by atoms with Crippen LogP contribution in [-0.4, -0.2) is 80.5 Å². The van der Waals surface area contributed by atoms with Crippen LogP contribution in [0.4, 0.5) is 13.2 Å². The molecule has 2 heterocycles. The maximum Gasteiger partial charge on any atom is 0.401 e. The van der Waals surface area contributed by atoms with Crippen LogP contribution >= 0.6 is 0 Å². The van der Waals surface area contributed by atoms with Gasteiger partial charge in [0.15, 0.2) is 5.96 Å². The van der Waals surface area contributed by atoms with Crippen LogP contribution in [0.5, 0.6) is 0 Å². The highest BCUT2D eigenvalue weighted by molar-refractivity contribution is 5.80. The zero-order valence-corrected chi connectivity index (χ0v) is 17.7. The van der Waals surface area contributed by atoms with Gasteiger partial charge >= 0.3 is 6.18 Å². The van der Waals surface area contributed by atoms with E-state index in [0.29, 0.717) is 31.2 Å². The van der Waals surface area contributed by atoms with Gasteiger partial charge < -0.3 is 15.0 Å². The molecule has 0 bridgehead atoms. The first-order valence-electron chi connectivity index (χ1n) is 11.3. The fraction of sp³-hybridized carbons (Fsp3) is 0.952. The minimum Gasteiger partial charge on any atom is -0.377 e. The second-order valence-corrected chi connectivity index (χ2v) is 9.40. The molecule has 0 aromatic rings. The third-order valence-electron chi connectivity index (χ3n) is 7.73. The van der Waals surface area contributed by atoms with E-state index < -0.39 is 12.7 Å². The number of fused-ring (bicyclic) bond motifs is 2. The van der Waals surface area contributed by atoms with E-state index in [1.165, 1.54) is 30.6 Å². The predicted molar refractivity (Wildman–Crippen MR) is 107 cm³/mol. The van der Waals surface area contributed by atoms with Crippen LogP contribution in [0.15, 0.2) is 4.99 Å². The van der Waals surface area contributed by atoms with E-state index in [1.807, 2.05) is 7.05 Å². The number of nitrogens with one attached hydrogen (secondary N) is 1. The lowest BCUT2D eigenvalue weighted by atomic mass is 9.54. The normalized spacial score (nSPS) is 34.1.